The average Bonchev–Trinajstić information content (AvgIpc) is 3.37. The van der Waals surface area contributed by atoms with Crippen molar-refractivity contribution in [3.8, 4) is 5.75 Å². The first-order valence-corrected chi connectivity index (χ1v) is 12.9. The molecule has 0 aliphatic heterocycles. The smallest absolute Gasteiger partial charge is 0.248 e. The number of carbonyl (C=O) groups excluding carboxylic acids is 2. The first-order valence-electron chi connectivity index (χ1n) is 11.5. The van der Waals surface area contributed by atoms with Crippen LogP contribution in [0.15, 0.2) is 41.7 Å². The number of methoxy groups -OCH3 is 1. The number of nitrogens with one attached hydrogen (secondary N) is 3. The molecule has 1 aromatic carbocycles. The number of aromatic nitrogens is 2. The lowest BCUT2D eigenvalue weighted by Gasteiger charge is -2.30. The second-order valence-corrected chi connectivity index (χ2v) is 11.0. The number of hydrogen-bond donors (Lipinski definition) is 5. The van der Waals surface area contributed by atoms with Crippen molar-refractivity contribution < 1.29 is 33.1 Å². The molecule has 5 N–H and O–H groups in total. The molecule has 2 rings (SSSR count). The highest BCUT2D eigenvalue weighted by Gasteiger charge is 2.38. The minimum absolute atomic E-state index is 0.0151. The number of ether oxygens (including phenoxy) is 1. The number of aliphatic hydroxyl groups is 1. The fourth-order valence-corrected chi connectivity index (χ4v) is 5.07. The van der Waals surface area contributed by atoms with E-state index < -0.39 is 39.7 Å². The summed E-state index contributed by atoms with van der Waals surface area (Å²) in [7, 11) is -1.25. The number of aliphatic hydroxyl groups excluding tert-OH is 1. The standard InChI is InChI=1S/C23H35N5O7S/c1-15(2)9-20(22(30)26-17(13-29)10-16-11-24-14-25-16)21(23(31)27-32)12-28(3)36(33,34)19-7-5-18(35-4)6-8-19/h5-8,11,14-15,17,20-21,29,32H,9-10,12-13H2,1-4H3,(H,24,25)(H,26,30)(H,27,31)/t17-,20?,21-/m0/s1. The fourth-order valence-electron chi connectivity index (χ4n) is 3.87. The Labute approximate surface area is 211 Å². The monoisotopic (exact) mass is 525 g/mol. The fraction of sp³-hybridized carbons (Fsp3) is 0.522. The van der Waals surface area contributed by atoms with Gasteiger partial charge in [0.05, 0.1) is 42.8 Å². The number of hydrogen-bond acceptors (Lipinski definition) is 8. The number of carbonyl (C=O) groups is 2. The van der Waals surface area contributed by atoms with E-state index >= 15 is 0 Å². The van der Waals surface area contributed by atoms with Crippen LogP contribution in [0.4, 0.5) is 0 Å². The molecule has 13 heteroatoms. The highest BCUT2D eigenvalue weighted by atomic mass is 32.2. The van der Waals surface area contributed by atoms with Crippen molar-refractivity contribution in [1.82, 2.24) is 25.1 Å². The third-order valence-corrected chi connectivity index (χ3v) is 7.64. The molecule has 0 radical (unpaired) electrons. The summed E-state index contributed by atoms with van der Waals surface area (Å²) in [4.78, 5) is 32.8. The predicted octanol–water partition coefficient (Wildman–Crippen LogP) is 0.543. The normalized spacial score (nSPS) is 14.3. The third-order valence-electron chi connectivity index (χ3n) is 5.80. The maximum Gasteiger partial charge on any atom is 0.248 e. The Bertz CT molecular complexity index is 1070. The van der Waals surface area contributed by atoms with Crippen molar-refractivity contribution in [3.63, 3.8) is 0 Å². The molecule has 0 aliphatic carbocycles. The number of imidazole rings is 1. The summed E-state index contributed by atoms with van der Waals surface area (Å²) in [5.74, 6) is -3.16. The van der Waals surface area contributed by atoms with E-state index in [4.69, 9.17) is 4.74 Å². The van der Waals surface area contributed by atoms with Crippen molar-refractivity contribution in [2.45, 2.75) is 37.6 Å². The molecule has 1 aromatic heterocycles. The summed E-state index contributed by atoms with van der Waals surface area (Å²) in [6.07, 6.45) is 3.57. The van der Waals surface area contributed by atoms with Gasteiger partial charge in [0.15, 0.2) is 0 Å². The van der Waals surface area contributed by atoms with Gasteiger partial charge in [0.25, 0.3) is 0 Å². The van der Waals surface area contributed by atoms with Gasteiger partial charge < -0.3 is 20.1 Å². The van der Waals surface area contributed by atoms with Crippen molar-refractivity contribution in [1.29, 1.82) is 0 Å². The van der Waals surface area contributed by atoms with Crippen LogP contribution in [0.25, 0.3) is 0 Å². The second kappa shape index (κ2) is 13.3. The van der Waals surface area contributed by atoms with Crippen LogP contribution in [0.3, 0.4) is 0 Å². The average molecular weight is 526 g/mol. The van der Waals surface area contributed by atoms with Gasteiger partial charge in [-0.25, -0.2) is 23.2 Å². The molecule has 0 saturated carbocycles. The van der Waals surface area contributed by atoms with Gasteiger partial charge in [0.2, 0.25) is 21.8 Å². The van der Waals surface area contributed by atoms with E-state index in [0.717, 1.165) is 4.31 Å². The molecule has 0 aliphatic rings. The zero-order chi connectivity index (χ0) is 26.9. The summed E-state index contributed by atoms with van der Waals surface area (Å²) < 4.78 is 32.3. The first-order chi connectivity index (χ1) is 17.0. The Balaban J connectivity index is 2.29. The molecule has 2 aromatic rings. The van der Waals surface area contributed by atoms with Gasteiger partial charge in [-0.2, -0.15) is 0 Å². The number of rotatable bonds is 14. The van der Waals surface area contributed by atoms with Gasteiger partial charge in [-0.15, -0.1) is 0 Å². The Morgan fingerprint density at radius 2 is 1.83 bits per heavy atom. The van der Waals surface area contributed by atoms with Crippen molar-refractivity contribution in [2.24, 2.45) is 17.8 Å². The van der Waals surface area contributed by atoms with Crippen LogP contribution >= 0.6 is 0 Å². The summed E-state index contributed by atoms with van der Waals surface area (Å²) in [6, 6.07) is 5.10. The molecule has 0 bridgehead atoms. The Morgan fingerprint density at radius 1 is 1.17 bits per heavy atom. The summed E-state index contributed by atoms with van der Waals surface area (Å²) in [5, 5.41) is 21.9. The molecule has 1 unspecified atom stereocenters. The predicted molar refractivity (Wildman–Crippen MR) is 130 cm³/mol. The highest BCUT2D eigenvalue weighted by molar-refractivity contribution is 7.89. The molecular weight excluding hydrogens is 490 g/mol. The number of sulfonamides is 1. The molecule has 1 heterocycles. The van der Waals surface area contributed by atoms with Gasteiger partial charge in [-0.3, -0.25) is 14.8 Å². The molecule has 36 heavy (non-hydrogen) atoms. The van der Waals surface area contributed by atoms with Crippen LogP contribution in [0.5, 0.6) is 5.75 Å². The topological polar surface area (TPSA) is 174 Å². The van der Waals surface area contributed by atoms with E-state index in [0.29, 0.717) is 11.4 Å². The number of H-pyrrole nitrogens is 1. The largest absolute Gasteiger partial charge is 0.497 e. The molecule has 12 nitrogen and oxygen atoms in total. The van der Waals surface area contributed by atoms with E-state index in [1.54, 1.807) is 11.7 Å². The first kappa shape index (κ1) is 29.2. The van der Waals surface area contributed by atoms with Crippen molar-refractivity contribution in [3.05, 3.63) is 42.5 Å². The number of amides is 2. The van der Waals surface area contributed by atoms with Crippen molar-refractivity contribution in [2.75, 3.05) is 27.3 Å². The van der Waals surface area contributed by atoms with Gasteiger partial charge >= 0.3 is 0 Å². The lowest BCUT2D eigenvalue weighted by atomic mass is 9.83. The highest BCUT2D eigenvalue weighted by Crippen LogP contribution is 2.26. The van der Waals surface area contributed by atoms with E-state index in [1.165, 1.54) is 44.8 Å². The van der Waals surface area contributed by atoms with Crippen LogP contribution in [-0.2, 0) is 26.0 Å². The summed E-state index contributed by atoms with van der Waals surface area (Å²) >= 11 is 0. The third kappa shape index (κ3) is 7.75. The van der Waals surface area contributed by atoms with E-state index in [9.17, 15) is 28.3 Å². The minimum Gasteiger partial charge on any atom is -0.497 e. The maximum absolute atomic E-state index is 13.3. The molecule has 0 fully saturated rings. The van der Waals surface area contributed by atoms with E-state index in [1.807, 2.05) is 13.8 Å². The van der Waals surface area contributed by atoms with Gasteiger partial charge in [0, 0.05) is 31.9 Å². The Hall–Kier alpha value is -3.00. The van der Waals surface area contributed by atoms with Gasteiger partial charge in [-0.05, 0) is 36.6 Å². The number of nitrogens with zero attached hydrogens (tertiary/aromatic N) is 2. The van der Waals surface area contributed by atoms with Crippen molar-refractivity contribution >= 4 is 21.8 Å². The van der Waals surface area contributed by atoms with Crippen LogP contribution in [0.2, 0.25) is 0 Å². The molecule has 0 saturated heterocycles. The second-order valence-electron chi connectivity index (χ2n) is 8.95. The van der Waals surface area contributed by atoms with Crippen LogP contribution < -0.4 is 15.5 Å². The quantitative estimate of drug-likeness (QED) is 0.175. The molecule has 0 spiro atoms. The molecule has 200 valence electrons. The number of benzene rings is 1. The molecule has 3 atom stereocenters. The SMILES string of the molecule is COc1ccc(S(=O)(=O)N(C)C[C@H](C(=O)NO)C(CC(C)C)C(=O)N[C@H](CO)Cc2cnc[nH]2)cc1. The molecule has 2 amide bonds. The number of aromatic amines is 1. The van der Waals surface area contributed by atoms with E-state index in [-0.39, 0.29) is 36.8 Å². The maximum atomic E-state index is 13.3. The summed E-state index contributed by atoms with van der Waals surface area (Å²) in [5.41, 5.74) is 2.27. The van der Waals surface area contributed by atoms with Crippen LogP contribution in [0, 0.1) is 17.8 Å². The Kier molecular flexibility index (Phi) is 10.8. The molecular formula is C23H35N5O7S. The zero-order valence-corrected chi connectivity index (χ0v) is 21.7. The van der Waals surface area contributed by atoms with Crippen LogP contribution in [0.1, 0.15) is 26.0 Å². The van der Waals surface area contributed by atoms with E-state index in [2.05, 4.69) is 15.3 Å². The minimum atomic E-state index is -4.02. The van der Waals surface area contributed by atoms with Crippen LogP contribution in [-0.4, -0.2) is 78.2 Å². The Morgan fingerprint density at radius 3 is 2.33 bits per heavy atom. The lowest BCUT2D eigenvalue weighted by Crippen LogP contribution is -2.50. The van der Waals surface area contributed by atoms with Gasteiger partial charge in [-0.1, -0.05) is 13.8 Å². The number of hydroxylamine groups is 1. The lowest BCUT2D eigenvalue weighted by molar-refractivity contribution is -0.141. The summed E-state index contributed by atoms with van der Waals surface area (Å²) in [6.45, 7) is 3.00. The van der Waals surface area contributed by atoms with Gasteiger partial charge in [0.1, 0.15) is 5.75 Å². The zero-order valence-electron chi connectivity index (χ0n) is 20.8.